The number of aldehydes is 1. The van der Waals surface area contributed by atoms with Crippen LogP contribution in [0.25, 0.3) is 0 Å². The third kappa shape index (κ3) is 2.50. The second-order valence-electron chi connectivity index (χ2n) is 3.23. The summed E-state index contributed by atoms with van der Waals surface area (Å²) in [5.41, 5.74) is 0. The molecule has 4 atom stereocenters. The van der Waals surface area contributed by atoms with E-state index in [0.29, 0.717) is 6.29 Å². The quantitative estimate of drug-likeness (QED) is 0.458. The molecule has 1 saturated heterocycles. The van der Waals surface area contributed by atoms with Gasteiger partial charge in [0.25, 0.3) is 0 Å². The van der Waals surface area contributed by atoms with Gasteiger partial charge >= 0.3 is 0 Å². The van der Waals surface area contributed by atoms with Crippen molar-refractivity contribution in [3.05, 3.63) is 0 Å². The fraction of sp³-hybridized carbons (Fsp3) is 0.750. The van der Waals surface area contributed by atoms with Gasteiger partial charge in [-0.1, -0.05) is 0 Å². The molecule has 0 spiro atoms. The van der Waals surface area contributed by atoms with E-state index in [1.807, 2.05) is 0 Å². The Morgan fingerprint density at radius 1 is 1.57 bits per heavy atom. The lowest BCUT2D eigenvalue weighted by molar-refractivity contribution is -0.202. The summed E-state index contributed by atoms with van der Waals surface area (Å²) in [5.74, 6) is -0.374. The first-order valence-electron chi connectivity index (χ1n) is 4.28. The van der Waals surface area contributed by atoms with E-state index in [4.69, 9.17) is 4.74 Å². The molecule has 1 rings (SSSR count). The second kappa shape index (κ2) is 4.50. The van der Waals surface area contributed by atoms with Crippen molar-refractivity contribution in [1.29, 1.82) is 0 Å². The Kier molecular flexibility index (Phi) is 3.56. The van der Waals surface area contributed by atoms with Crippen LogP contribution in [-0.2, 0) is 14.3 Å². The zero-order valence-corrected chi connectivity index (χ0v) is 7.71. The molecule has 0 aliphatic carbocycles. The van der Waals surface area contributed by atoms with Gasteiger partial charge in [-0.05, 0) is 0 Å². The van der Waals surface area contributed by atoms with Gasteiger partial charge in [0.05, 0.1) is 6.10 Å². The molecule has 0 bridgehead atoms. The van der Waals surface area contributed by atoms with Gasteiger partial charge in [0.2, 0.25) is 5.91 Å². The number of ether oxygens (including phenoxy) is 1. The molecule has 80 valence electrons. The van der Waals surface area contributed by atoms with Crippen LogP contribution in [-0.4, -0.2) is 46.9 Å². The first kappa shape index (κ1) is 11.1. The molecule has 0 saturated carbocycles. The number of aliphatic hydroxyl groups excluding tert-OH is 2. The maximum Gasteiger partial charge on any atom is 0.217 e. The molecule has 0 aromatic heterocycles. The minimum Gasteiger partial charge on any atom is -0.391 e. The lowest BCUT2D eigenvalue weighted by atomic mass is 10.0. The molecule has 1 amide bonds. The van der Waals surface area contributed by atoms with E-state index in [1.54, 1.807) is 0 Å². The summed E-state index contributed by atoms with van der Waals surface area (Å²) in [4.78, 5) is 21.0. The molecular weight excluding hydrogens is 190 g/mol. The monoisotopic (exact) mass is 203 g/mol. The lowest BCUT2D eigenvalue weighted by Crippen LogP contribution is -2.56. The third-order valence-corrected chi connectivity index (χ3v) is 2.03. The normalized spacial score (nSPS) is 37.6. The highest BCUT2D eigenvalue weighted by Gasteiger charge is 2.37. The molecule has 2 unspecified atom stereocenters. The minimum atomic E-state index is -1.35. The van der Waals surface area contributed by atoms with Crippen LogP contribution in [0.5, 0.6) is 0 Å². The molecule has 6 nitrogen and oxygen atoms in total. The van der Waals surface area contributed by atoms with E-state index in [-0.39, 0.29) is 12.3 Å². The number of carbonyl (C=O) groups is 2. The molecule has 1 aliphatic heterocycles. The van der Waals surface area contributed by atoms with Crippen molar-refractivity contribution in [1.82, 2.24) is 5.32 Å². The Labute approximate surface area is 80.9 Å². The Bertz CT molecular complexity index is 220. The van der Waals surface area contributed by atoms with E-state index in [9.17, 15) is 19.8 Å². The highest BCUT2D eigenvalue weighted by Crippen LogP contribution is 2.17. The van der Waals surface area contributed by atoms with Crippen LogP contribution < -0.4 is 5.32 Å². The molecule has 1 heterocycles. The maximum absolute atomic E-state index is 10.7. The van der Waals surface area contributed by atoms with Crippen LogP contribution in [0.4, 0.5) is 0 Å². The van der Waals surface area contributed by atoms with Crippen LogP contribution in [0.1, 0.15) is 13.3 Å². The number of carbonyl (C=O) groups excluding carboxylic acids is 2. The largest absolute Gasteiger partial charge is 0.391 e. The van der Waals surface area contributed by atoms with Gasteiger partial charge < -0.3 is 25.1 Å². The van der Waals surface area contributed by atoms with E-state index >= 15 is 0 Å². The first-order valence-corrected chi connectivity index (χ1v) is 4.28. The summed E-state index contributed by atoms with van der Waals surface area (Å²) in [7, 11) is 0. The third-order valence-electron chi connectivity index (χ3n) is 2.03. The topological polar surface area (TPSA) is 95.9 Å². The van der Waals surface area contributed by atoms with E-state index in [0.717, 1.165) is 0 Å². The van der Waals surface area contributed by atoms with E-state index in [2.05, 4.69) is 5.32 Å². The predicted molar refractivity (Wildman–Crippen MR) is 45.2 cm³/mol. The van der Waals surface area contributed by atoms with Gasteiger partial charge in [0, 0.05) is 13.3 Å². The number of hydrogen-bond donors (Lipinski definition) is 3. The molecule has 1 aliphatic rings. The Hall–Kier alpha value is -0.980. The number of aliphatic hydroxyl groups is 2. The summed E-state index contributed by atoms with van der Waals surface area (Å²) in [6, 6.07) is -0.872. The van der Waals surface area contributed by atoms with Crippen molar-refractivity contribution in [2.75, 3.05) is 0 Å². The Morgan fingerprint density at radius 3 is 2.64 bits per heavy atom. The van der Waals surface area contributed by atoms with Gasteiger partial charge in [-0.25, -0.2) is 0 Å². The molecule has 6 heteroatoms. The van der Waals surface area contributed by atoms with E-state index in [1.165, 1.54) is 6.92 Å². The zero-order valence-electron chi connectivity index (χ0n) is 7.71. The molecular formula is C8H13NO5. The van der Waals surface area contributed by atoms with Crippen molar-refractivity contribution in [2.24, 2.45) is 0 Å². The molecule has 0 aromatic carbocycles. The lowest BCUT2D eigenvalue weighted by Gasteiger charge is -2.35. The van der Waals surface area contributed by atoms with Crippen molar-refractivity contribution in [2.45, 2.75) is 37.9 Å². The fourth-order valence-corrected chi connectivity index (χ4v) is 1.38. The van der Waals surface area contributed by atoms with Crippen molar-refractivity contribution >= 4 is 12.2 Å². The van der Waals surface area contributed by atoms with Crippen molar-refractivity contribution in [3.63, 3.8) is 0 Å². The maximum atomic E-state index is 10.7. The summed E-state index contributed by atoms with van der Waals surface area (Å²) in [6.07, 6.45) is -2.55. The van der Waals surface area contributed by atoms with Gasteiger partial charge in [0.1, 0.15) is 18.4 Å². The highest BCUT2D eigenvalue weighted by atomic mass is 16.6. The number of amides is 1. The predicted octanol–water partition coefficient (Wildman–Crippen LogP) is -1.84. The average molecular weight is 203 g/mol. The van der Waals surface area contributed by atoms with Gasteiger partial charge in [0.15, 0.2) is 6.29 Å². The van der Waals surface area contributed by atoms with Crippen molar-refractivity contribution < 1.29 is 24.5 Å². The molecule has 14 heavy (non-hydrogen) atoms. The average Bonchev–Trinajstić information content (AvgIpc) is 2.10. The number of rotatable bonds is 2. The standard InChI is InChI=1S/C8H13NO5/c1-4(11)9-7-6(12)2-5(3-10)14-8(7)13/h3,5-8,12-13H,2H2,1H3,(H,9,11)/t5?,6-,7?,8+/m0/s1. The Balaban J connectivity index is 2.60. The Morgan fingerprint density at radius 2 is 2.21 bits per heavy atom. The number of hydrogen-bond acceptors (Lipinski definition) is 5. The summed E-state index contributed by atoms with van der Waals surface area (Å²) in [6.45, 7) is 1.27. The van der Waals surface area contributed by atoms with Crippen LogP contribution >= 0.6 is 0 Å². The molecule has 0 radical (unpaired) electrons. The van der Waals surface area contributed by atoms with Crippen LogP contribution in [0.15, 0.2) is 0 Å². The SMILES string of the molecule is CC(=O)NC1[C@H](O)OC(C=O)C[C@@H]1O. The summed E-state index contributed by atoms with van der Waals surface area (Å²) < 4.78 is 4.83. The minimum absolute atomic E-state index is 0.0749. The molecule has 3 N–H and O–H groups in total. The number of nitrogens with one attached hydrogen (secondary N) is 1. The van der Waals surface area contributed by atoms with Gasteiger partial charge in [-0.2, -0.15) is 0 Å². The first-order chi connectivity index (χ1) is 6.54. The zero-order chi connectivity index (χ0) is 10.7. The van der Waals surface area contributed by atoms with Crippen molar-refractivity contribution in [3.8, 4) is 0 Å². The fourth-order valence-electron chi connectivity index (χ4n) is 1.38. The van der Waals surface area contributed by atoms with Crippen LogP contribution in [0.2, 0.25) is 0 Å². The summed E-state index contributed by atoms with van der Waals surface area (Å²) in [5, 5.41) is 21.2. The van der Waals surface area contributed by atoms with Gasteiger partial charge in [-0.3, -0.25) is 4.79 Å². The van der Waals surface area contributed by atoms with E-state index < -0.39 is 24.5 Å². The second-order valence-corrected chi connectivity index (χ2v) is 3.23. The van der Waals surface area contributed by atoms with Crippen LogP contribution in [0.3, 0.4) is 0 Å². The highest BCUT2D eigenvalue weighted by molar-refractivity contribution is 5.73. The molecule has 1 fully saturated rings. The van der Waals surface area contributed by atoms with Gasteiger partial charge in [-0.15, -0.1) is 0 Å². The summed E-state index contributed by atoms with van der Waals surface area (Å²) >= 11 is 0. The molecule has 0 aromatic rings. The van der Waals surface area contributed by atoms with Crippen LogP contribution in [0, 0.1) is 0 Å². The smallest absolute Gasteiger partial charge is 0.217 e.